The summed E-state index contributed by atoms with van der Waals surface area (Å²) in [6, 6.07) is -0.454. The van der Waals surface area contributed by atoms with Crippen LogP contribution >= 0.6 is 0 Å². The summed E-state index contributed by atoms with van der Waals surface area (Å²) >= 11 is 0. The van der Waals surface area contributed by atoms with Crippen molar-refractivity contribution in [3.63, 3.8) is 0 Å². The standard InChI is InChI=1S/C19H33N3O4/c1-4-13(2)16(20)18(24)22-9-5-14(6-10-22)17(23)21-11-7-15(8-12-21)19(25)26-3/h13-16H,4-12,20H2,1-3H3. The summed E-state index contributed by atoms with van der Waals surface area (Å²) in [5, 5.41) is 0. The van der Waals surface area contributed by atoms with E-state index in [2.05, 4.69) is 0 Å². The average Bonchev–Trinajstić information content (AvgIpc) is 2.71. The molecule has 2 N–H and O–H groups in total. The number of nitrogens with zero attached hydrogens (tertiary/aromatic N) is 2. The van der Waals surface area contributed by atoms with E-state index < -0.39 is 6.04 Å². The fraction of sp³-hybridized carbons (Fsp3) is 0.842. The summed E-state index contributed by atoms with van der Waals surface area (Å²) in [6.07, 6.45) is 3.59. The zero-order valence-electron chi connectivity index (χ0n) is 16.3. The van der Waals surface area contributed by atoms with Gasteiger partial charge in [0.1, 0.15) is 0 Å². The Hall–Kier alpha value is -1.63. The van der Waals surface area contributed by atoms with Crippen LogP contribution in [0.15, 0.2) is 0 Å². The number of hydrogen-bond acceptors (Lipinski definition) is 5. The van der Waals surface area contributed by atoms with Crippen molar-refractivity contribution in [2.24, 2.45) is 23.5 Å². The van der Waals surface area contributed by atoms with Crippen LogP contribution in [0.25, 0.3) is 0 Å². The molecule has 0 bridgehead atoms. The molecule has 148 valence electrons. The highest BCUT2D eigenvalue weighted by atomic mass is 16.5. The Bertz CT molecular complexity index is 509. The number of carbonyl (C=O) groups is 3. The molecular weight excluding hydrogens is 334 g/mol. The molecule has 2 aliphatic heterocycles. The Morgan fingerprint density at radius 3 is 2.00 bits per heavy atom. The predicted molar refractivity (Wildman–Crippen MR) is 98.1 cm³/mol. The van der Waals surface area contributed by atoms with Crippen molar-refractivity contribution >= 4 is 17.8 Å². The van der Waals surface area contributed by atoms with Crippen molar-refractivity contribution in [3.05, 3.63) is 0 Å². The number of carbonyl (C=O) groups excluding carboxylic acids is 3. The summed E-state index contributed by atoms with van der Waals surface area (Å²) in [5.74, 6) is 0.0226. The number of rotatable bonds is 5. The van der Waals surface area contributed by atoms with Crippen molar-refractivity contribution in [2.45, 2.75) is 52.0 Å². The van der Waals surface area contributed by atoms with Crippen LogP contribution in [0.1, 0.15) is 46.0 Å². The first-order chi connectivity index (χ1) is 12.4. The third-order valence-corrected chi connectivity index (χ3v) is 6.04. The highest BCUT2D eigenvalue weighted by Crippen LogP contribution is 2.25. The van der Waals surface area contributed by atoms with E-state index in [9.17, 15) is 14.4 Å². The van der Waals surface area contributed by atoms with E-state index >= 15 is 0 Å². The molecule has 7 heteroatoms. The molecule has 2 rings (SSSR count). The summed E-state index contributed by atoms with van der Waals surface area (Å²) in [7, 11) is 1.40. The molecule has 2 amide bonds. The van der Waals surface area contributed by atoms with Gasteiger partial charge in [-0.1, -0.05) is 20.3 Å². The number of nitrogens with two attached hydrogens (primary N) is 1. The minimum absolute atomic E-state index is 0.00383. The largest absolute Gasteiger partial charge is 0.469 e. The van der Waals surface area contributed by atoms with E-state index in [1.54, 1.807) is 0 Å². The Morgan fingerprint density at radius 1 is 1.00 bits per heavy atom. The maximum Gasteiger partial charge on any atom is 0.308 e. The molecule has 2 aliphatic rings. The van der Waals surface area contributed by atoms with Gasteiger partial charge in [-0.05, 0) is 31.6 Å². The SMILES string of the molecule is CCC(C)C(N)C(=O)N1CCC(C(=O)N2CCC(C(=O)OC)CC2)CC1. The molecule has 0 aromatic rings. The Morgan fingerprint density at radius 2 is 1.50 bits per heavy atom. The van der Waals surface area contributed by atoms with Crippen molar-refractivity contribution < 1.29 is 19.1 Å². The second-order valence-electron chi connectivity index (χ2n) is 7.63. The molecular formula is C19H33N3O4. The van der Waals surface area contributed by atoms with Gasteiger partial charge in [-0.25, -0.2) is 0 Å². The van der Waals surface area contributed by atoms with Crippen molar-refractivity contribution in [1.29, 1.82) is 0 Å². The van der Waals surface area contributed by atoms with Gasteiger partial charge in [-0.15, -0.1) is 0 Å². The number of esters is 1. The van der Waals surface area contributed by atoms with Crippen LogP contribution in [0, 0.1) is 17.8 Å². The Kier molecular flexibility index (Phi) is 7.43. The van der Waals surface area contributed by atoms with Crippen LogP contribution in [-0.4, -0.2) is 66.9 Å². The monoisotopic (exact) mass is 367 g/mol. The maximum atomic E-state index is 12.7. The molecule has 2 fully saturated rings. The molecule has 2 heterocycles. The highest BCUT2D eigenvalue weighted by Gasteiger charge is 2.35. The van der Waals surface area contributed by atoms with Crippen LogP contribution in [0.3, 0.4) is 0 Å². The van der Waals surface area contributed by atoms with Crippen molar-refractivity contribution in [2.75, 3.05) is 33.3 Å². The lowest BCUT2D eigenvalue weighted by atomic mass is 9.91. The predicted octanol–water partition coefficient (Wildman–Crippen LogP) is 1.01. The quantitative estimate of drug-likeness (QED) is 0.732. The molecule has 0 aromatic carbocycles. The lowest BCUT2D eigenvalue weighted by Crippen LogP contribution is -2.51. The normalized spacial score (nSPS) is 22.0. The molecule has 0 radical (unpaired) electrons. The van der Waals surface area contributed by atoms with E-state index in [0.717, 1.165) is 6.42 Å². The first-order valence-corrected chi connectivity index (χ1v) is 9.80. The zero-order valence-corrected chi connectivity index (χ0v) is 16.3. The number of hydrogen-bond donors (Lipinski definition) is 1. The molecule has 0 saturated carbocycles. The maximum absolute atomic E-state index is 12.7. The second kappa shape index (κ2) is 9.35. The summed E-state index contributed by atoms with van der Waals surface area (Å²) in [6.45, 7) is 6.44. The van der Waals surface area contributed by atoms with Gasteiger partial charge >= 0.3 is 5.97 Å². The van der Waals surface area contributed by atoms with E-state index in [-0.39, 0.29) is 35.5 Å². The minimum Gasteiger partial charge on any atom is -0.469 e. The average molecular weight is 367 g/mol. The number of ether oxygens (including phenoxy) is 1. The lowest BCUT2D eigenvalue weighted by Gasteiger charge is -2.37. The number of amides is 2. The van der Waals surface area contributed by atoms with Crippen LogP contribution < -0.4 is 5.73 Å². The minimum atomic E-state index is -0.454. The van der Waals surface area contributed by atoms with Crippen LogP contribution in [0.5, 0.6) is 0 Å². The van der Waals surface area contributed by atoms with Gasteiger partial charge < -0.3 is 20.3 Å². The van der Waals surface area contributed by atoms with E-state index in [0.29, 0.717) is 51.9 Å². The first-order valence-electron chi connectivity index (χ1n) is 9.80. The second-order valence-corrected chi connectivity index (χ2v) is 7.63. The third kappa shape index (κ3) is 4.75. The van der Waals surface area contributed by atoms with E-state index in [4.69, 9.17) is 10.5 Å². The highest BCUT2D eigenvalue weighted by molar-refractivity contribution is 5.83. The van der Waals surface area contributed by atoms with E-state index in [1.807, 2.05) is 23.6 Å². The summed E-state index contributed by atoms with van der Waals surface area (Å²) in [5.41, 5.74) is 6.06. The Balaban J connectivity index is 1.80. The van der Waals surface area contributed by atoms with Gasteiger partial charge in [-0.2, -0.15) is 0 Å². The Labute approximate surface area is 156 Å². The van der Waals surface area contributed by atoms with E-state index in [1.165, 1.54) is 7.11 Å². The number of methoxy groups -OCH3 is 1. The van der Waals surface area contributed by atoms with Crippen molar-refractivity contribution in [1.82, 2.24) is 9.80 Å². The van der Waals surface area contributed by atoms with Gasteiger partial charge in [0.2, 0.25) is 11.8 Å². The van der Waals surface area contributed by atoms with Gasteiger partial charge in [0.15, 0.2) is 0 Å². The van der Waals surface area contributed by atoms with Gasteiger partial charge in [0.05, 0.1) is 19.1 Å². The smallest absolute Gasteiger partial charge is 0.308 e. The fourth-order valence-electron chi connectivity index (χ4n) is 3.82. The molecule has 7 nitrogen and oxygen atoms in total. The molecule has 2 atom stereocenters. The number of piperidine rings is 2. The van der Waals surface area contributed by atoms with Crippen molar-refractivity contribution in [3.8, 4) is 0 Å². The summed E-state index contributed by atoms with van der Waals surface area (Å²) < 4.78 is 4.79. The van der Waals surface area contributed by atoms with Gasteiger partial charge in [0, 0.05) is 32.1 Å². The fourth-order valence-corrected chi connectivity index (χ4v) is 3.82. The first kappa shape index (κ1) is 20.7. The van der Waals surface area contributed by atoms with Crippen LogP contribution in [0.2, 0.25) is 0 Å². The summed E-state index contributed by atoms with van der Waals surface area (Å²) in [4.78, 5) is 40.5. The molecule has 0 spiro atoms. The number of likely N-dealkylation sites (tertiary alicyclic amines) is 2. The van der Waals surface area contributed by atoms with Crippen LogP contribution in [0.4, 0.5) is 0 Å². The van der Waals surface area contributed by atoms with Gasteiger partial charge in [0.25, 0.3) is 0 Å². The topological polar surface area (TPSA) is 92.9 Å². The zero-order chi connectivity index (χ0) is 19.3. The molecule has 2 saturated heterocycles. The third-order valence-electron chi connectivity index (χ3n) is 6.04. The van der Waals surface area contributed by atoms with Gasteiger partial charge in [-0.3, -0.25) is 14.4 Å². The molecule has 2 unspecified atom stereocenters. The molecule has 0 aliphatic carbocycles. The lowest BCUT2D eigenvalue weighted by molar-refractivity contribution is -0.150. The van der Waals surface area contributed by atoms with Crippen LogP contribution in [-0.2, 0) is 19.1 Å². The molecule has 0 aromatic heterocycles. The molecule has 26 heavy (non-hydrogen) atoms.